The molecule has 1 heterocycles. The van der Waals surface area contributed by atoms with Crippen LogP contribution >= 0.6 is 0 Å². The summed E-state index contributed by atoms with van der Waals surface area (Å²) >= 11 is 0. The van der Waals surface area contributed by atoms with Crippen molar-refractivity contribution < 1.29 is 14.3 Å². The maximum atomic E-state index is 12.0. The fourth-order valence-corrected chi connectivity index (χ4v) is 1.64. The van der Waals surface area contributed by atoms with Gasteiger partial charge in [-0.3, -0.25) is 9.89 Å². The lowest BCUT2D eigenvalue weighted by molar-refractivity contribution is -0.143. The van der Waals surface area contributed by atoms with Crippen LogP contribution in [0.25, 0.3) is 0 Å². The van der Waals surface area contributed by atoms with Crippen LogP contribution < -0.4 is 5.32 Å². The van der Waals surface area contributed by atoms with Gasteiger partial charge in [0, 0.05) is 5.69 Å². The Morgan fingerprint density at radius 3 is 2.61 bits per heavy atom. The van der Waals surface area contributed by atoms with E-state index in [9.17, 15) is 9.59 Å². The monoisotopic (exact) mass is 253 g/mol. The van der Waals surface area contributed by atoms with Gasteiger partial charge >= 0.3 is 5.97 Å². The van der Waals surface area contributed by atoms with Crippen molar-refractivity contribution >= 4 is 11.9 Å². The number of methoxy groups -OCH3 is 1. The van der Waals surface area contributed by atoms with Gasteiger partial charge in [-0.15, -0.1) is 0 Å². The first-order chi connectivity index (χ1) is 8.45. The number of nitrogens with one attached hydrogen (secondary N) is 2. The van der Waals surface area contributed by atoms with Gasteiger partial charge in [0.2, 0.25) is 0 Å². The molecule has 0 bridgehead atoms. The number of esters is 1. The van der Waals surface area contributed by atoms with Crippen LogP contribution in [0.3, 0.4) is 0 Å². The lowest BCUT2D eigenvalue weighted by Gasteiger charge is -2.18. The van der Waals surface area contributed by atoms with E-state index in [1.54, 1.807) is 6.92 Å². The molecule has 1 rings (SSSR count). The number of aryl methyl sites for hydroxylation is 1. The molecule has 0 saturated carbocycles. The molecule has 1 aromatic rings. The Morgan fingerprint density at radius 1 is 1.50 bits per heavy atom. The van der Waals surface area contributed by atoms with Crippen LogP contribution in [-0.4, -0.2) is 35.2 Å². The van der Waals surface area contributed by atoms with Crippen LogP contribution in [0.4, 0.5) is 0 Å². The van der Waals surface area contributed by atoms with Crippen molar-refractivity contribution in [3.63, 3.8) is 0 Å². The summed E-state index contributed by atoms with van der Waals surface area (Å²) in [6.45, 7) is 5.70. The first-order valence-electron chi connectivity index (χ1n) is 5.84. The molecule has 18 heavy (non-hydrogen) atoms. The molecule has 0 aliphatic rings. The lowest BCUT2D eigenvalue weighted by Crippen LogP contribution is -2.42. The zero-order valence-electron chi connectivity index (χ0n) is 11.1. The SMILES string of the molecule is COC(=O)C(CC(C)C)NC(=O)c1cn[nH]c1C. The Labute approximate surface area is 106 Å². The molecule has 100 valence electrons. The maximum absolute atomic E-state index is 12.0. The van der Waals surface area contributed by atoms with E-state index in [-0.39, 0.29) is 11.8 Å². The van der Waals surface area contributed by atoms with Crippen molar-refractivity contribution in [1.82, 2.24) is 15.5 Å². The molecule has 0 aliphatic heterocycles. The second kappa shape index (κ2) is 6.18. The summed E-state index contributed by atoms with van der Waals surface area (Å²) < 4.78 is 4.68. The van der Waals surface area contributed by atoms with Crippen molar-refractivity contribution in [2.75, 3.05) is 7.11 Å². The van der Waals surface area contributed by atoms with Gasteiger partial charge in [0.15, 0.2) is 0 Å². The minimum Gasteiger partial charge on any atom is -0.467 e. The Morgan fingerprint density at radius 2 is 2.17 bits per heavy atom. The first-order valence-corrected chi connectivity index (χ1v) is 5.84. The highest BCUT2D eigenvalue weighted by atomic mass is 16.5. The second-order valence-corrected chi connectivity index (χ2v) is 4.59. The van der Waals surface area contributed by atoms with Crippen molar-refractivity contribution in [3.05, 3.63) is 17.5 Å². The summed E-state index contributed by atoms with van der Waals surface area (Å²) in [4.78, 5) is 23.5. The van der Waals surface area contributed by atoms with Crippen LogP contribution in [0.15, 0.2) is 6.20 Å². The Balaban J connectivity index is 2.74. The van der Waals surface area contributed by atoms with E-state index >= 15 is 0 Å². The minimum atomic E-state index is -0.628. The van der Waals surface area contributed by atoms with E-state index in [2.05, 4.69) is 20.3 Å². The van der Waals surface area contributed by atoms with E-state index in [4.69, 9.17) is 0 Å². The average molecular weight is 253 g/mol. The van der Waals surface area contributed by atoms with Gasteiger partial charge in [-0.25, -0.2) is 4.79 Å². The molecule has 2 N–H and O–H groups in total. The number of ether oxygens (including phenoxy) is 1. The van der Waals surface area contributed by atoms with Gasteiger partial charge < -0.3 is 10.1 Å². The smallest absolute Gasteiger partial charge is 0.328 e. The van der Waals surface area contributed by atoms with E-state index in [1.165, 1.54) is 13.3 Å². The van der Waals surface area contributed by atoms with Crippen molar-refractivity contribution in [3.8, 4) is 0 Å². The fraction of sp³-hybridized carbons (Fsp3) is 0.583. The number of aromatic nitrogens is 2. The molecule has 0 spiro atoms. The summed E-state index contributed by atoms with van der Waals surface area (Å²) in [5.41, 5.74) is 1.10. The third kappa shape index (κ3) is 3.58. The standard InChI is InChI=1S/C12H19N3O3/c1-7(2)5-10(12(17)18-4)14-11(16)9-6-13-15-8(9)3/h6-7,10H,5H2,1-4H3,(H,13,15)(H,14,16). The topological polar surface area (TPSA) is 84.1 Å². The van der Waals surface area contributed by atoms with Crippen LogP contribution in [0, 0.1) is 12.8 Å². The van der Waals surface area contributed by atoms with E-state index in [0.717, 1.165) is 0 Å². The van der Waals surface area contributed by atoms with E-state index < -0.39 is 12.0 Å². The summed E-state index contributed by atoms with van der Waals surface area (Å²) in [7, 11) is 1.31. The molecule has 0 saturated heterocycles. The Kier molecular flexibility index (Phi) is 4.88. The molecule has 1 atom stereocenters. The molecule has 0 aromatic carbocycles. The Hall–Kier alpha value is -1.85. The summed E-state index contributed by atoms with van der Waals surface area (Å²) in [5, 5.41) is 9.12. The second-order valence-electron chi connectivity index (χ2n) is 4.59. The number of hydrogen-bond donors (Lipinski definition) is 2. The lowest BCUT2D eigenvalue weighted by atomic mass is 10.0. The molecule has 0 fully saturated rings. The van der Waals surface area contributed by atoms with Crippen molar-refractivity contribution in [1.29, 1.82) is 0 Å². The number of nitrogens with zero attached hydrogens (tertiary/aromatic N) is 1. The predicted octanol–water partition coefficient (Wildman–Crippen LogP) is 1.04. The molecular weight excluding hydrogens is 234 g/mol. The first kappa shape index (κ1) is 14.2. The molecular formula is C12H19N3O3. The third-order valence-corrected chi connectivity index (χ3v) is 2.57. The molecule has 6 heteroatoms. The number of rotatable bonds is 5. The van der Waals surface area contributed by atoms with Gasteiger partial charge in [0.05, 0.1) is 18.9 Å². The molecule has 1 amide bonds. The molecule has 0 aliphatic carbocycles. The van der Waals surface area contributed by atoms with Crippen LogP contribution in [0.5, 0.6) is 0 Å². The highest BCUT2D eigenvalue weighted by Gasteiger charge is 2.24. The van der Waals surface area contributed by atoms with Crippen LogP contribution in [-0.2, 0) is 9.53 Å². The summed E-state index contributed by atoms with van der Waals surface area (Å²) in [6.07, 6.45) is 1.98. The average Bonchev–Trinajstić information content (AvgIpc) is 2.73. The van der Waals surface area contributed by atoms with Gasteiger partial charge in [0.25, 0.3) is 5.91 Å². The maximum Gasteiger partial charge on any atom is 0.328 e. The molecule has 1 aromatic heterocycles. The van der Waals surface area contributed by atoms with Crippen molar-refractivity contribution in [2.45, 2.75) is 33.2 Å². The number of amides is 1. The number of H-pyrrole nitrogens is 1. The number of hydrogen-bond acceptors (Lipinski definition) is 4. The fourth-order valence-electron chi connectivity index (χ4n) is 1.64. The highest BCUT2D eigenvalue weighted by molar-refractivity contribution is 5.97. The zero-order chi connectivity index (χ0) is 13.7. The number of carbonyl (C=O) groups is 2. The normalized spacial score (nSPS) is 12.3. The predicted molar refractivity (Wildman–Crippen MR) is 66.0 cm³/mol. The zero-order valence-corrected chi connectivity index (χ0v) is 11.1. The van der Waals surface area contributed by atoms with E-state index in [0.29, 0.717) is 17.7 Å². The Bertz CT molecular complexity index is 426. The number of aromatic amines is 1. The molecule has 6 nitrogen and oxygen atoms in total. The van der Waals surface area contributed by atoms with E-state index in [1.807, 2.05) is 13.8 Å². The molecule has 1 unspecified atom stereocenters. The minimum absolute atomic E-state index is 0.278. The largest absolute Gasteiger partial charge is 0.467 e. The van der Waals surface area contributed by atoms with Crippen LogP contribution in [0.1, 0.15) is 36.3 Å². The third-order valence-electron chi connectivity index (χ3n) is 2.57. The van der Waals surface area contributed by atoms with Crippen molar-refractivity contribution in [2.24, 2.45) is 5.92 Å². The van der Waals surface area contributed by atoms with Gasteiger partial charge in [-0.05, 0) is 19.3 Å². The van der Waals surface area contributed by atoms with Crippen LogP contribution in [0.2, 0.25) is 0 Å². The summed E-state index contributed by atoms with van der Waals surface area (Å²) in [5.74, 6) is -0.477. The summed E-state index contributed by atoms with van der Waals surface area (Å²) in [6, 6.07) is -0.628. The highest BCUT2D eigenvalue weighted by Crippen LogP contribution is 2.09. The molecule has 0 radical (unpaired) electrons. The van der Waals surface area contributed by atoms with Gasteiger partial charge in [-0.2, -0.15) is 5.10 Å². The quantitative estimate of drug-likeness (QED) is 0.768. The van der Waals surface area contributed by atoms with Gasteiger partial charge in [0.1, 0.15) is 6.04 Å². The number of carbonyl (C=O) groups excluding carboxylic acids is 2. The van der Waals surface area contributed by atoms with Gasteiger partial charge in [-0.1, -0.05) is 13.8 Å².